The number of hydrogen-bond acceptors (Lipinski definition) is 3. The van der Waals surface area contributed by atoms with Crippen molar-refractivity contribution in [2.75, 3.05) is 13.1 Å². The maximum atomic E-state index is 10.5. The number of aryl methyl sites for hydroxylation is 2. The molecular formula is C21H25NO2. The van der Waals surface area contributed by atoms with Crippen LogP contribution in [0.5, 0.6) is 0 Å². The van der Waals surface area contributed by atoms with E-state index in [1.54, 1.807) is 0 Å². The minimum Gasteiger partial charge on any atom is -0.462 e. The average Bonchev–Trinajstić information content (AvgIpc) is 3.00. The Balaban J connectivity index is 1.80. The molecule has 2 N–H and O–H groups in total. The predicted octanol–water partition coefficient (Wildman–Crippen LogP) is 4.25. The number of aliphatic hydroxyl groups is 1. The van der Waals surface area contributed by atoms with Crippen LogP contribution in [-0.4, -0.2) is 18.2 Å². The Kier molecular flexibility index (Phi) is 5.68. The van der Waals surface area contributed by atoms with Gasteiger partial charge in [-0.15, -0.1) is 0 Å². The molecule has 0 aliphatic carbocycles. The molecule has 3 heteroatoms. The number of benzene rings is 2. The van der Waals surface area contributed by atoms with Crippen molar-refractivity contribution < 1.29 is 9.52 Å². The molecule has 0 bridgehead atoms. The van der Waals surface area contributed by atoms with Crippen LogP contribution in [0.4, 0.5) is 0 Å². The van der Waals surface area contributed by atoms with Crippen LogP contribution in [0.15, 0.2) is 59.0 Å². The Morgan fingerprint density at radius 1 is 0.958 bits per heavy atom. The normalized spacial score (nSPS) is 12.6. The van der Waals surface area contributed by atoms with Gasteiger partial charge in [0.25, 0.3) is 0 Å². The minimum absolute atomic E-state index is 0.517. The van der Waals surface area contributed by atoms with Crippen LogP contribution < -0.4 is 5.32 Å². The van der Waals surface area contributed by atoms with Crippen LogP contribution in [0.2, 0.25) is 0 Å². The molecule has 0 amide bonds. The average molecular weight is 323 g/mol. The highest BCUT2D eigenvalue weighted by molar-refractivity contribution is 5.87. The fourth-order valence-electron chi connectivity index (χ4n) is 3.03. The Morgan fingerprint density at radius 2 is 1.67 bits per heavy atom. The summed E-state index contributed by atoms with van der Waals surface area (Å²) < 4.78 is 6.09. The second-order valence-electron chi connectivity index (χ2n) is 6.14. The zero-order valence-corrected chi connectivity index (χ0v) is 14.2. The molecule has 0 radical (unpaired) electrons. The highest BCUT2D eigenvalue weighted by atomic mass is 16.4. The van der Waals surface area contributed by atoms with Gasteiger partial charge >= 0.3 is 0 Å². The van der Waals surface area contributed by atoms with E-state index in [0.717, 1.165) is 42.3 Å². The molecule has 2 aromatic carbocycles. The van der Waals surface area contributed by atoms with E-state index >= 15 is 0 Å². The van der Waals surface area contributed by atoms with Crippen LogP contribution in [0.25, 0.3) is 10.8 Å². The van der Waals surface area contributed by atoms with Crippen molar-refractivity contribution in [3.05, 3.63) is 71.7 Å². The SMILES string of the molecule is CCCNC[C@@H](O)c1oc(CCc2ccccc2)c2ccccc12. The Bertz CT molecular complexity index is 764. The molecule has 0 unspecified atom stereocenters. The fraction of sp³-hybridized carbons (Fsp3) is 0.333. The zero-order chi connectivity index (χ0) is 16.8. The highest BCUT2D eigenvalue weighted by Crippen LogP contribution is 2.31. The van der Waals surface area contributed by atoms with Crippen molar-refractivity contribution in [1.82, 2.24) is 5.32 Å². The van der Waals surface area contributed by atoms with Crippen LogP contribution in [0.1, 0.15) is 36.5 Å². The molecule has 3 rings (SSSR count). The van der Waals surface area contributed by atoms with Gasteiger partial charge in [-0.2, -0.15) is 0 Å². The van der Waals surface area contributed by atoms with E-state index in [1.165, 1.54) is 5.56 Å². The molecule has 1 aromatic heterocycles. The van der Waals surface area contributed by atoms with Crippen LogP contribution >= 0.6 is 0 Å². The summed E-state index contributed by atoms with van der Waals surface area (Å²) in [5.74, 6) is 1.64. The van der Waals surface area contributed by atoms with Crippen molar-refractivity contribution in [3.63, 3.8) is 0 Å². The lowest BCUT2D eigenvalue weighted by Gasteiger charge is -2.09. The number of hydrogen-bond donors (Lipinski definition) is 2. The second kappa shape index (κ2) is 8.13. The van der Waals surface area contributed by atoms with E-state index in [9.17, 15) is 5.11 Å². The van der Waals surface area contributed by atoms with E-state index in [4.69, 9.17) is 4.42 Å². The van der Waals surface area contributed by atoms with Crippen LogP contribution in [0, 0.1) is 0 Å². The molecule has 24 heavy (non-hydrogen) atoms. The molecule has 0 aliphatic rings. The maximum Gasteiger partial charge on any atom is 0.141 e. The van der Waals surface area contributed by atoms with Crippen molar-refractivity contribution in [3.8, 4) is 0 Å². The molecule has 3 nitrogen and oxygen atoms in total. The summed E-state index contributed by atoms with van der Waals surface area (Å²) in [6.07, 6.45) is 2.20. The summed E-state index contributed by atoms with van der Waals surface area (Å²) in [5.41, 5.74) is 1.30. The first kappa shape index (κ1) is 16.7. The minimum atomic E-state index is -0.619. The second-order valence-corrected chi connectivity index (χ2v) is 6.14. The van der Waals surface area contributed by atoms with Crippen LogP contribution in [0.3, 0.4) is 0 Å². The molecule has 0 saturated heterocycles. The summed E-state index contributed by atoms with van der Waals surface area (Å²) in [7, 11) is 0. The van der Waals surface area contributed by atoms with Gasteiger partial charge in [-0.1, -0.05) is 61.5 Å². The van der Waals surface area contributed by atoms with E-state index in [2.05, 4.69) is 42.6 Å². The zero-order valence-electron chi connectivity index (χ0n) is 14.2. The summed E-state index contributed by atoms with van der Waals surface area (Å²) in [6, 6.07) is 18.5. The maximum absolute atomic E-state index is 10.5. The summed E-state index contributed by atoms with van der Waals surface area (Å²) in [6.45, 7) is 3.53. The first-order valence-electron chi connectivity index (χ1n) is 8.72. The van der Waals surface area contributed by atoms with Gasteiger partial charge in [0, 0.05) is 23.7 Å². The van der Waals surface area contributed by atoms with E-state index in [0.29, 0.717) is 12.3 Å². The number of furan rings is 1. The molecule has 0 aliphatic heterocycles. The molecule has 0 fully saturated rings. The van der Waals surface area contributed by atoms with Gasteiger partial charge in [0.1, 0.15) is 17.6 Å². The van der Waals surface area contributed by atoms with Gasteiger partial charge in [-0.3, -0.25) is 0 Å². The lowest BCUT2D eigenvalue weighted by molar-refractivity contribution is 0.147. The molecule has 126 valence electrons. The lowest BCUT2D eigenvalue weighted by atomic mass is 10.0. The van der Waals surface area contributed by atoms with Crippen molar-refractivity contribution in [2.45, 2.75) is 32.3 Å². The van der Waals surface area contributed by atoms with Crippen molar-refractivity contribution in [2.24, 2.45) is 0 Å². The summed E-state index contributed by atoms with van der Waals surface area (Å²) in [4.78, 5) is 0. The van der Waals surface area contributed by atoms with Gasteiger partial charge in [0.15, 0.2) is 0 Å². The molecule has 3 aromatic rings. The fourth-order valence-corrected chi connectivity index (χ4v) is 3.03. The summed E-state index contributed by atoms with van der Waals surface area (Å²) in [5, 5.41) is 15.9. The van der Waals surface area contributed by atoms with Gasteiger partial charge in [-0.05, 0) is 24.9 Å². The number of aliphatic hydroxyl groups excluding tert-OH is 1. The predicted molar refractivity (Wildman–Crippen MR) is 98.2 cm³/mol. The monoisotopic (exact) mass is 323 g/mol. The van der Waals surface area contributed by atoms with E-state index in [-0.39, 0.29) is 0 Å². The van der Waals surface area contributed by atoms with Crippen molar-refractivity contribution in [1.29, 1.82) is 0 Å². The third-order valence-electron chi connectivity index (χ3n) is 4.28. The largest absolute Gasteiger partial charge is 0.462 e. The quantitative estimate of drug-likeness (QED) is 0.609. The van der Waals surface area contributed by atoms with Crippen LogP contribution in [-0.2, 0) is 12.8 Å². The first-order chi connectivity index (χ1) is 11.8. The molecule has 0 saturated carbocycles. The molecule has 1 heterocycles. The topological polar surface area (TPSA) is 45.4 Å². The standard InChI is InChI=1S/C21H25NO2/c1-2-14-22-15-19(23)21-18-11-7-6-10-17(18)20(24-21)13-12-16-8-4-3-5-9-16/h3-11,19,22-23H,2,12-15H2,1H3/t19-/m1/s1. The Labute approximate surface area is 143 Å². The number of nitrogens with one attached hydrogen (secondary N) is 1. The van der Waals surface area contributed by atoms with E-state index < -0.39 is 6.10 Å². The lowest BCUT2D eigenvalue weighted by Crippen LogP contribution is -2.21. The third kappa shape index (κ3) is 3.86. The third-order valence-corrected chi connectivity index (χ3v) is 4.28. The van der Waals surface area contributed by atoms with Gasteiger partial charge in [-0.25, -0.2) is 0 Å². The molecule has 1 atom stereocenters. The Morgan fingerprint density at radius 3 is 2.42 bits per heavy atom. The van der Waals surface area contributed by atoms with Gasteiger partial charge < -0.3 is 14.8 Å². The van der Waals surface area contributed by atoms with Gasteiger partial charge in [0.05, 0.1) is 0 Å². The number of fused-ring (bicyclic) bond motifs is 1. The van der Waals surface area contributed by atoms with Gasteiger partial charge in [0.2, 0.25) is 0 Å². The first-order valence-corrected chi connectivity index (χ1v) is 8.72. The molecule has 0 spiro atoms. The van der Waals surface area contributed by atoms with E-state index in [1.807, 2.05) is 24.3 Å². The Hall–Kier alpha value is -2.10. The smallest absolute Gasteiger partial charge is 0.141 e. The highest BCUT2D eigenvalue weighted by Gasteiger charge is 2.19. The number of rotatable bonds is 8. The summed E-state index contributed by atoms with van der Waals surface area (Å²) >= 11 is 0. The van der Waals surface area contributed by atoms with Crippen molar-refractivity contribution >= 4 is 10.8 Å². The molecular weight excluding hydrogens is 298 g/mol.